The molecular weight excluding hydrogens is 280 g/mol. The van der Waals surface area contributed by atoms with Crippen LogP contribution in [-0.2, 0) is 11.2 Å². The van der Waals surface area contributed by atoms with Gasteiger partial charge >= 0.3 is 6.03 Å². The van der Waals surface area contributed by atoms with Gasteiger partial charge in [-0.3, -0.25) is 0 Å². The summed E-state index contributed by atoms with van der Waals surface area (Å²) in [6, 6.07) is 6.26. The summed E-state index contributed by atoms with van der Waals surface area (Å²) in [6.45, 7) is 7.82. The van der Waals surface area contributed by atoms with E-state index >= 15 is 0 Å². The second-order valence-corrected chi connectivity index (χ2v) is 6.37. The molecule has 1 saturated heterocycles. The molecule has 22 heavy (non-hydrogen) atoms. The Balaban J connectivity index is 1.63. The largest absolute Gasteiger partial charge is 0.491 e. The topological polar surface area (TPSA) is 50.8 Å². The average Bonchev–Trinajstić information content (AvgIpc) is 2.50. The summed E-state index contributed by atoms with van der Waals surface area (Å²) in [4.78, 5) is 14.4. The Bertz CT molecular complexity index is 561. The summed E-state index contributed by atoms with van der Waals surface area (Å²) in [5.41, 5.74) is 2.32. The van der Waals surface area contributed by atoms with Gasteiger partial charge in [-0.1, -0.05) is 18.2 Å². The maximum atomic E-state index is 12.5. The van der Waals surface area contributed by atoms with Crippen molar-refractivity contribution in [3.8, 4) is 5.75 Å². The highest BCUT2D eigenvalue weighted by molar-refractivity contribution is 5.75. The standard InChI is InChI=1S/C17H24N2O3/c1-11-5-4-6-14-7-15(10-22-16(11)14)18-17(20)19-8-13(3)21-9-12(19)2/h4-6,12-13,15H,7-10H2,1-3H3,(H,18,20). The SMILES string of the molecule is Cc1cccc2c1OCC(NC(=O)N1CC(C)OCC1C)C2. The number of morpholine rings is 1. The minimum Gasteiger partial charge on any atom is -0.491 e. The number of fused-ring (bicyclic) bond motifs is 1. The van der Waals surface area contributed by atoms with Gasteiger partial charge in [0.25, 0.3) is 0 Å². The number of rotatable bonds is 1. The normalized spacial score (nSPS) is 27.8. The Morgan fingerprint density at radius 3 is 2.95 bits per heavy atom. The number of carbonyl (C=O) groups excluding carboxylic acids is 1. The fourth-order valence-corrected chi connectivity index (χ4v) is 3.13. The van der Waals surface area contributed by atoms with Gasteiger partial charge in [0.1, 0.15) is 12.4 Å². The summed E-state index contributed by atoms with van der Waals surface area (Å²) in [5, 5.41) is 3.11. The minimum atomic E-state index is -0.0210. The fourth-order valence-electron chi connectivity index (χ4n) is 3.13. The van der Waals surface area contributed by atoms with Crippen molar-refractivity contribution in [2.45, 2.75) is 45.4 Å². The number of hydrogen-bond donors (Lipinski definition) is 1. The summed E-state index contributed by atoms with van der Waals surface area (Å²) < 4.78 is 11.4. The van der Waals surface area contributed by atoms with Crippen LogP contribution >= 0.6 is 0 Å². The molecule has 1 fully saturated rings. The van der Waals surface area contributed by atoms with Crippen LogP contribution in [0.4, 0.5) is 4.79 Å². The average molecular weight is 304 g/mol. The lowest BCUT2D eigenvalue weighted by Crippen LogP contribution is -2.56. The number of nitrogens with zero attached hydrogens (tertiary/aromatic N) is 1. The molecule has 1 aromatic carbocycles. The molecular formula is C17H24N2O3. The zero-order valence-corrected chi connectivity index (χ0v) is 13.5. The van der Waals surface area contributed by atoms with Gasteiger partial charge < -0.3 is 19.7 Å². The van der Waals surface area contributed by atoms with E-state index in [0.29, 0.717) is 19.8 Å². The number of ether oxygens (including phenoxy) is 2. The van der Waals surface area contributed by atoms with Crippen molar-refractivity contribution in [3.05, 3.63) is 29.3 Å². The zero-order valence-electron chi connectivity index (χ0n) is 13.5. The van der Waals surface area contributed by atoms with E-state index in [-0.39, 0.29) is 24.2 Å². The number of hydrogen-bond acceptors (Lipinski definition) is 3. The van der Waals surface area contributed by atoms with Crippen molar-refractivity contribution < 1.29 is 14.3 Å². The van der Waals surface area contributed by atoms with E-state index in [4.69, 9.17) is 9.47 Å². The predicted octanol–water partition coefficient (Wildman–Crippen LogP) is 2.12. The lowest BCUT2D eigenvalue weighted by molar-refractivity contribution is -0.0323. The lowest BCUT2D eigenvalue weighted by Gasteiger charge is -2.38. The Morgan fingerprint density at radius 2 is 2.14 bits per heavy atom. The van der Waals surface area contributed by atoms with Gasteiger partial charge in [-0.05, 0) is 38.3 Å². The summed E-state index contributed by atoms with van der Waals surface area (Å²) in [6.07, 6.45) is 0.907. The quantitative estimate of drug-likeness (QED) is 0.864. The molecule has 1 N–H and O–H groups in total. The number of amides is 2. The molecule has 0 aromatic heterocycles. The number of urea groups is 1. The van der Waals surface area contributed by atoms with Crippen LogP contribution in [0.2, 0.25) is 0 Å². The van der Waals surface area contributed by atoms with Crippen LogP contribution in [0.3, 0.4) is 0 Å². The number of aryl methyl sites for hydroxylation is 1. The van der Waals surface area contributed by atoms with Crippen LogP contribution in [0, 0.1) is 6.92 Å². The van der Waals surface area contributed by atoms with Crippen molar-refractivity contribution in [1.82, 2.24) is 10.2 Å². The van der Waals surface area contributed by atoms with Gasteiger partial charge in [0.15, 0.2) is 0 Å². The van der Waals surface area contributed by atoms with Crippen LogP contribution in [0.5, 0.6) is 5.75 Å². The van der Waals surface area contributed by atoms with E-state index in [1.165, 1.54) is 5.56 Å². The Kier molecular flexibility index (Phi) is 4.25. The van der Waals surface area contributed by atoms with E-state index in [1.54, 1.807) is 0 Å². The molecule has 2 heterocycles. The molecule has 0 bridgehead atoms. The monoisotopic (exact) mass is 304 g/mol. The van der Waals surface area contributed by atoms with Gasteiger partial charge in [0, 0.05) is 6.54 Å². The molecule has 2 amide bonds. The molecule has 2 aliphatic rings. The predicted molar refractivity (Wildman–Crippen MR) is 84.3 cm³/mol. The van der Waals surface area contributed by atoms with Gasteiger partial charge in [-0.25, -0.2) is 4.79 Å². The fraction of sp³-hybridized carbons (Fsp3) is 0.588. The van der Waals surface area contributed by atoms with Gasteiger partial charge in [-0.2, -0.15) is 0 Å². The highest BCUT2D eigenvalue weighted by Crippen LogP contribution is 2.28. The highest BCUT2D eigenvalue weighted by Gasteiger charge is 2.30. The smallest absolute Gasteiger partial charge is 0.318 e. The minimum absolute atomic E-state index is 0.0205. The molecule has 2 aliphatic heterocycles. The zero-order chi connectivity index (χ0) is 15.7. The number of benzene rings is 1. The van der Waals surface area contributed by atoms with Gasteiger partial charge in [0.2, 0.25) is 0 Å². The molecule has 5 heteroatoms. The number of nitrogens with one attached hydrogen (secondary N) is 1. The van der Waals surface area contributed by atoms with E-state index in [2.05, 4.69) is 24.4 Å². The molecule has 0 radical (unpaired) electrons. The Hall–Kier alpha value is -1.75. The van der Waals surface area contributed by atoms with E-state index in [9.17, 15) is 4.79 Å². The van der Waals surface area contributed by atoms with Crippen molar-refractivity contribution in [3.63, 3.8) is 0 Å². The van der Waals surface area contributed by atoms with Crippen LogP contribution in [-0.4, -0.2) is 48.9 Å². The third-order valence-corrected chi connectivity index (χ3v) is 4.38. The first kappa shape index (κ1) is 15.2. The first-order valence-corrected chi connectivity index (χ1v) is 7.94. The summed E-state index contributed by atoms with van der Waals surface area (Å²) >= 11 is 0. The van der Waals surface area contributed by atoms with Crippen LogP contribution in [0.15, 0.2) is 18.2 Å². The third kappa shape index (κ3) is 3.04. The first-order valence-electron chi connectivity index (χ1n) is 7.94. The maximum absolute atomic E-state index is 12.5. The van der Waals surface area contributed by atoms with Crippen molar-refractivity contribution >= 4 is 6.03 Å². The van der Waals surface area contributed by atoms with Crippen LogP contribution < -0.4 is 10.1 Å². The number of carbonyl (C=O) groups is 1. The highest BCUT2D eigenvalue weighted by atomic mass is 16.5. The van der Waals surface area contributed by atoms with Crippen molar-refractivity contribution in [2.24, 2.45) is 0 Å². The lowest BCUT2D eigenvalue weighted by atomic mass is 10.00. The maximum Gasteiger partial charge on any atom is 0.318 e. The van der Waals surface area contributed by atoms with Crippen LogP contribution in [0.25, 0.3) is 0 Å². The Morgan fingerprint density at radius 1 is 1.32 bits per heavy atom. The second kappa shape index (κ2) is 6.16. The van der Waals surface area contributed by atoms with E-state index in [1.807, 2.05) is 24.8 Å². The molecule has 0 spiro atoms. The molecule has 0 saturated carbocycles. The molecule has 120 valence electrons. The molecule has 3 rings (SSSR count). The number of para-hydroxylation sites is 1. The molecule has 3 unspecified atom stereocenters. The molecule has 0 aliphatic carbocycles. The van der Waals surface area contributed by atoms with Crippen molar-refractivity contribution in [1.29, 1.82) is 0 Å². The van der Waals surface area contributed by atoms with Gasteiger partial charge in [-0.15, -0.1) is 0 Å². The molecule has 3 atom stereocenters. The van der Waals surface area contributed by atoms with E-state index in [0.717, 1.165) is 17.7 Å². The van der Waals surface area contributed by atoms with E-state index < -0.39 is 0 Å². The van der Waals surface area contributed by atoms with Gasteiger partial charge in [0.05, 0.1) is 24.8 Å². The summed E-state index contributed by atoms with van der Waals surface area (Å²) in [5.74, 6) is 0.973. The van der Waals surface area contributed by atoms with Crippen molar-refractivity contribution in [2.75, 3.05) is 19.8 Å². The molecule has 1 aromatic rings. The Labute approximate surface area is 131 Å². The van der Waals surface area contributed by atoms with Crippen LogP contribution in [0.1, 0.15) is 25.0 Å². The third-order valence-electron chi connectivity index (χ3n) is 4.38. The summed E-state index contributed by atoms with van der Waals surface area (Å²) in [7, 11) is 0. The first-order chi connectivity index (χ1) is 10.5. The molecule has 5 nitrogen and oxygen atoms in total. The second-order valence-electron chi connectivity index (χ2n) is 6.37.